The molecule has 0 aliphatic carbocycles. The highest BCUT2D eigenvalue weighted by atomic mass is 14.9. The van der Waals surface area contributed by atoms with Crippen molar-refractivity contribution in [2.24, 2.45) is 0 Å². The summed E-state index contributed by atoms with van der Waals surface area (Å²) in [6.45, 7) is 0. The smallest absolute Gasteiger partial charge is 0.173 e. The van der Waals surface area contributed by atoms with Gasteiger partial charge in [0.2, 0.25) is 0 Å². The second-order valence-electron chi connectivity index (χ2n) is 1.77. The van der Waals surface area contributed by atoms with Crippen LogP contribution in [-0.2, 0) is 0 Å². The van der Waals surface area contributed by atoms with Gasteiger partial charge < -0.3 is 4.98 Å². The van der Waals surface area contributed by atoms with E-state index in [9.17, 15) is 0 Å². The molecule has 0 aromatic heterocycles. The summed E-state index contributed by atoms with van der Waals surface area (Å²) in [7, 11) is 0. The first-order chi connectivity index (χ1) is 4.47. The average Bonchev–Trinajstić information content (AvgIpc) is 2.33. The van der Waals surface area contributed by atoms with Crippen molar-refractivity contribution >= 4 is 0 Å². The maximum atomic E-state index is 3.91. The van der Waals surface area contributed by atoms with Crippen LogP contribution in [0, 0.1) is 6.33 Å². The van der Waals surface area contributed by atoms with Gasteiger partial charge in [0.05, 0.1) is 11.9 Å². The van der Waals surface area contributed by atoms with E-state index >= 15 is 0 Å². The van der Waals surface area contributed by atoms with Gasteiger partial charge in [-0.05, 0) is 0 Å². The first-order valence-corrected chi connectivity index (χ1v) is 2.61. The summed E-state index contributed by atoms with van der Waals surface area (Å²) >= 11 is 0. The van der Waals surface area contributed by atoms with Crippen molar-refractivity contribution in [3.63, 3.8) is 0 Å². The van der Waals surface area contributed by atoms with Crippen LogP contribution in [0.25, 0.3) is 11.3 Å². The number of hydrogen-bond acceptors (Lipinski definition) is 2. The SMILES string of the molecule is [c]1ncc2cncc-2[nH]1. The Morgan fingerprint density at radius 3 is 3.22 bits per heavy atom. The summed E-state index contributed by atoms with van der Waals surface area (Å²) < 4.78 is 0. The van der Waals surface area contributed by atoms with Gasteiger partial charge >= 0.3 is 0 Å². The maximum Gasteiger partial charge on any atom is 0.173 e. The number of hydrogen-bond donors (Lipinski definition) is 1. The molecule has 0 fully saturated rings. The zero-order valence-corrected chi connectivity index (χ0v) is 4.63. The largest absolute Gasteiger partial charge is 0.335 e. The van der Waals surface area contributed by atoms with E-state index in [2.05, 4.69) is 21.3 Å². The third kappa shape index (κ3) is 0.579. The normalized spacial score (nSPS) is 10.2. The molecule has 1 radical (unpaired) electrons. The predicted octanol–water partition coefficient (Wildman–Crippen LogP) is 0.710. The molecule has 2 heterocycles. The van der Waals surface area contributed by atoms with Crippen molar-refractivity contribution < 1.29 is 0 Å². The van der Waals surface area contributed by atoms with E-state index in [1.807, 2.05) is 0 Å². The molecule has 2 aliphatic rings. The molecule has 3 nitrogen and oxygen atoms in total. The second kappa shape index (κ2) is 1.55. The number of rotatable bonds is 0. The number of aromatic amines is 1. The first-order valence-electron chi connectivity index (χ1n) is 2.61. The molecule has 43 valence electrons. The molecule has 9 heavy (non-hydrogen) atoms. The van der Waals surface area contributed by atoms with Gasteiger partial charge in [-0.1, -0.05) is 0 Å². The van der Waals surface area contributed by atoms with Gasteiger partial charge in [-0.3, -0.25) is 4.98 Å². The minimum atomic E-state index is 0.977. The highest BCUT2D eigenvalue weighted by molar-refractivity contribution is 5.56. The average molecular weight is 118 g/mol. The Kier molecular flexibility index (Phi) is 0.773. The minimum absolute atomic E-state index is 0.977. The molecule has 0 aromatic carbocycles. The standard InChI is InChI=1S/C6H4N3/c1-5-2-8-4-9-6(5)3-7-1/h1-3H,(H,8,9). The van der Waals surface area contributed by atoms with Crippen LogP contribution >= 0.6 is 0 Å². The second-order valence-corrected chi connectivity index (χ2v) is 1.77. The summed E-state index contributed by atoms with van der Waals surface area (Å²) in [5.41, 5.74) is 2.00. The lowest BCUT2D eigenvalue weighted by Crippen LogP contribution is -1.80. The lowest BCUT2D eigenvalue weighted by molar-refractivity contribution is 1.16. The minimum Gasteiger partial charge on any atom is -0.335 e. The molecule has 1 N–H and O–H groups in total. The van der Waals surface area contributed by atoms with Crippen LogP contribution in [0.15, 0.2) is 18.6 Å². The number of fused-ring (bicyclic) bond motifs is 1. The van der Waals surface area contributed by atoms with Gasteiger partial charge in [-0.15, -0.1) is 0 Å². The van der Waals surface area contributed by atoms with Crippen molar-refractivity contribution in [2.45, 2.75) is 0 Å². The van der Waals surface area contributed by atoms with Crippen LogP contribution in [0.5, 0.6) is 0 Å². The van der Waals surface area contributed by atoms with E-state index in [1.165, 1.54) is 0 Å². The van der Waals surface area contributed by atoms with Crippen molar-refractivity contribution in [3.8, 4) is 11.3 Å². The number of nitrogens with zero attached hydrogens (tertiary/aromatic N) is 2. The quantitative estimate of drug-likeness (QED) is 0.553. The zero-order chi connectivity index (χ0) is 6.10. The van der Waals surface area contributed by atoms with Gasteiger partial charge in [0.25, 0.3) is 0 Å². The molecule has 0 saturated carbocycles. The Morgan fingerprint density at radius 1 is 1.33 bits per heavy atom. The third-order valence-electron chi connectivity index (χ3n) is 1.19. The summed E-state index contributed by atoms with van der Waals surface area (Å²) in [6.07, 6.45) is 7.83. The van der Waals surface area contributed by atoms with Crippen LogP contribution in [0.2, 0.25) is 0 Å². The monoisotopic (exact) mass is 118 g/mol. The predicted molar refractivity (Wildman–Crippen MR) is 31.8 cm³/mol. The van der Waals surface area contributed by atoms with Crippen molar-refractivity contribution in [1.82, 2.24) is 15.0 Å². The van der Waals surface area contributed by atoms with Gasteiger partial charge in [0, 0.05) is 18.0 Å². The van der Waals surface area contributed by atoms with Crippen LogP contribution in [0.4, 0.5) is 0 Å². The molecule has 2 rings (SSSR count). The molecule has 0 unspecified atom stereocenters. The fraction of sp³-hybridized carbons (Fsp3) is 0. The van der Waals surface area contributed by atoms with E-state index in [-0.39, 0.29) is 0 Å². The molecule has 0 aromatic rings. The summed E-state index contributed by atoms with van der Waals surface area (Å²) in [4.78, 5) is 10.5. The summed E-state index contributed by atoms with van der Waals surface area (Å²) in [6, 6.07) is 0. The Balaban J connectivity index is 2.79. The van der Waals surface area contributed by atoms with Crippen LogP contribution in [-0.4, -0.2) is 15.0 Å². The summed E-state index contributed by atoms with van der Waals surface area (Å²) in [5, 5.41) is 0. The number of aromatic nitrogens is 3. The molecule has 0 saturated heterocycles. The molecular weight excluding hydrogens is 114 g/mol. The fourth-order valence-corrected chi connectivity index (χ4v) is 0.738. The van der Waals surface area contributed by atoms with Crippen LogP contribution in [0.1, 0.15) is 0 Å². The van der Waals surface area contributed by atoms with Crippen molar-refractivity contribution in [3.05, 3.63) is 24.9 Å². The Bertz CT molecular complexity index is 248. The lowest BCUT2D eigenvalue weighted by Gasteiger charge is -1.90. The molecule has 0 atom stereocenters. The Morgan fingerprint density at radius 2 is 2.33 bits per heavy atom. The van der Waals surface area contributed by atoms with Gasteiger partial charge in [0.1, 0.15) is 0 Å². The van der Waals surface area contributed by atoms with Crippen molar-refractivity contribution in [2.75, 3.05) is 0 Å². The number of H-pyrrole nitrogens is 1. The molecule has 2 aliphatic heterocycles. The van der Waals surface area contributed by atoms with E-state index in [0.717, 1.165) is 11.3 Å². The summed E-state index contributed by atoms with van der Waals surface area (Å²) in [5.74, 6) is 0. The van der Waals surface area contributed by atoms with E-state index in [0.29, 0.717) is 0 Å². The first kappa shape index (κ1) is 4.49. The third-order valence-corrected chi connectivity index (χ3v) is 1.19. The van der Waals surface area contributed by atoms with E-state index in [1.54, 1.807) is 18.6 Å². The van der Waals surface area contributed by atoms with E-state index < -0.39 is 0 Å². The highest BCUT2D eigenvalue weighted by Gasteiger charge is 1.98. The van der Waals surface area contributed by atoms with Crippen molar-refractivity contribution in [1.29, 1.82) is 0 Å². The topological polar surface area (TPSA) is 41.6 Å². The molecule has 0 bridgehead atoms. The Hall–Kier alpha value is -1.38. The fourth-order valence-electron chi connectivity index (χ4n) is 0.738. The Labute approximate surface area is 52.1 Å². The van der Waals surface area contributed by atoms with E-state index in [4.69, 9.17) is 0 Å². The van der Waals surface area contributed by atoms with Gasteiger partial charge in [-0.2, -0.15) is 0 Å². The maximum absolute atomic E-state index is 3.91. The van der Waals surface area contributed by atoms with Crippen LogP contribution in [0.3, 0.4) is 0 Å². The van der Waals surface area contributed by atoms with Gasteiger partial charge in [0.15, 0.2) is 6.33 Å². The van der Waals surface area contributed by atoms with Crippen LogP contribution < -0.4 is 0 Å². The van der Waals surface area contributed by atoms with Gasteiger partial charge in [-0.25, -0.2) is 4.98 Å². The number of nitrogens with one attached hydrogen (secondary N) is 1. The highest BCUT2D eigenvalue weighted by Crippen LogP contribution is 2.13. The molecule has 0 spiro atoms. The molecular formula is C6H4N3. The molecule has 0 amide bonds. The zero-order valence-electron chi connectivity index (χ0n) is 4.63. The molecule has 3 heteroatoms. The lowest BCUT2D eigenvalue weighted by atomic mass is 10.3.